The standard InChI is InChI=1S/C40H45N5O8/c1-20-14-25-15-27-29(17-41)45-28(34(44(27)5)32(25)35(48)36(20)50-6)16-26-33(39-38(51-19-52-39)21(2)37(26)53-23(4)46)30(45)18-42-40(49)22(3)43-31(47)13-12-24-10-8-7-9-11-24/h7-11,14,22,27-30,34,48H,12-13,15-16,18-19H2,1-6H3,(H,42,49)(H,43,47)/t22-,27-,28?,29-,30-,34-/m0/s1. The summed E-state index contributed by atoms with van der Waals surface area (Å²) in [6.45, 7) is 6.68. The molecule has 1 saturated heterocycles. The Bertz CT molecular complexity index is 2010. The molecule has 1 fully saturated rings. The van der Waals surface area contributed by atoms with Crippen LogP contribution in [0.15, 0.2) is 36.4 Å². The van der Waals surface area contributed by atoms with Crippen molar-refractivity contribution in [2.24, 2.45) is 0 Å². The number of piperazine rings is 1. The number of hydrogen-bond donors (Lipinski definition) is 3. The van der Waals surface area contributed by atoms with Crippen LogP contribution in [0.4, 0.5) is 0 Å². The van der Waals surface area contributed by atoms with E-state index >= 15 is 0 Å². The van der Waals surface area contributed by atoms with Crippen LogP contribution in [0.2, 0.25) is 0 Å². The number of carbonyl (C=O) groups excluding carboxylic acids is 3. The number of phenolic OH excluding ortho intramolecular Hbond substituents is 1. The number of benzene rings is 3. The highest BCUT2D eigenvalue weighted by molar-refractivity contribution is 5.87. The molecule has 4 aliphatic heterocycles. The van der Waals surface area contributed by atoms with E-state index in [0.717, 1.165) is 22.3 Å². The van der Waals surface area contributed by atoms with Crippen molar-refractivity contribution in [2.45, 2.75) is 89.6 Å². The Morgan fingerprint density at radius 1 is 1.08 bits per heavy atom. The molecule has 1 unspecified atom stereocenters. The summed E-state index contributed by atoms with van der Waals surface area (Å²) in [6, 6.07) is 11.1. The van der Waals surface area contributed by atoms with Crippen molar-refractivity contribution < 1.29 is 38.4 Å². The van der Waals surface area contributed by atoms with E-state index in [1.165, 1.54) is 14.0 Å². The molecule has 2 amide bonds. The number of methoxy groups -OCH3 is 1. The van der Waals surface area contributed by atoms with Crippen LogP contribution >= 0.6 is 0 Å². The second-order valence-electron chi connectivity index (χ2n) is 14.4. The zero-order valence-corrected chi connectivity index (χ0v) is 30.8. The minimum atomic E-state index is -0.838. The molecule has 2 bridgehead atoms. The van der Waals surface area contributed by atoms with Crippen LogP contribution in [0.1, 0.15) is 71.3 Å². The van der Waals surface area contributed by atoms with Gasteiger partial charge in [-0.15, -0.1) is 0 Å². The van der Waals surface area contributed by atoms with Gasteiger partial charge in [0, 0.05) is 54.2 Å². The van der Waals surface area contributed by atoms with Crippen LogP contribution in [0.25, 0.3) is 0 Å². The molecule has 3 N–H and O–H groups in total. The number of esters is 1. The summed E-state index contributed by atoms with van der Waals surface area (Å²) < 4.78 is 23.6. The maximum Gasteiger partial charge on any atom is 0.308 e. The summed E-state index contributed by atoms with van der Waals surface area (Å²) in [6.07, 6.45) is 1.62. The van der Waals surface area contributed by atoms with Crippen LogP contribution in [-0.2, 0) is 33.6 Å². The van der Waals surface area contributed by atoms with Crippen molar-refractivity contribution in [1.29, 1.82) is 5.26 Å². The SMILES string of the molecule is COc1c(C)cc2c(c1O)[C@@H]1C3Cc4c(OC(C)=O)c(C)c5c(c4[C@H](CNC(=O)[C@H](C)NC(=O)CCc4ccccc4)N3[C@@H](C#N)[C@H](C2)N1C)OCO5. The number of fused-ring (bicyclic) bond motifs is 9. The van der Waals surface area contributed by atoms with Gasteiger partial charge in [-0.3, -0.25) is 24.2 Å². The number of nitrogens with zero attached hydrogens (tertiary/aromatic N) is 3. The van der Waals surface area contributed by atoms with Gasteiger partial charge in [-0.2, -0.15) is 5.26 Å². The summed E-state index contributed by atoms with van der Waals surface area (Å²) in [5.41, 5.74) is 5.49. The zero-order chi connectivity index (χ0) is 37.7. The first-order valence-electron chi connectivity index (χ1n) is 18.0. The minimum Gasteiger partial charge on any atom is -0.504 e. The van der Waals surface area contributed by atoms with Gasteiger partial charge in [0.15, 0.2) is 23.0 Å². The molecule has 13 nitrogen and oxygen atoms in total. The molecule has 0 radical (unpaired) electrons. The number of phenols is 1. The predicted octanol–water partition coefficient (Wildman–Crippen LogP) is 3.70. The highest BCUT2D eigenvalue weighted by atomic mass is 16.7. The molecule has 3 aromatic carbocycles. The lowest BCUT2D eigenvalue weighted by Gasteiger charge is -2.60. The van der Waals surface area contributed by atoms with Gasteiger partial charge >= 0.3 is 5.97 Å². The second-order valence-corrected chi connectivity index (χ2v) is 14.4. The Hall–Kier alpha value is -5.32. The van der Waals surface area contributed by atoms with E-state index in [1.807, 2.05) is 57.3 Å². The number of carbonyl (C=O) groups is 3. The van der Waals surface area contributed by atoms with Crippen LogP contribution in [-0.4, -0.2) is 84.4 Å². The number of likely N-dealkylation sites (N-methyl/N-ethyl adjacent to an activating group) is 1. The lowest BCUT2D eigenvalue weighted by molar-refractivity contribution is -0.132. The fourth-order valence-electron chi connectivity index (χ4n) is 8.94. The van der Waals surface area contributed by atoms with Crippen LogP contribution in [0, 0.1) is 25.2 Å². The Balaban J connectivity index is 1.28. The quantitative estimate of drug-likeness (QED) is 0.218. The predicted molar refractivity (Wildman–Crippen MR) is 193 cm³/mol. The smallest absolute Gasteiger partial charge is 0.308 e. The van der Waals surface area contributed by atoms with Gasteiger partial charge in [-0.05, 0) is 63.8 Å². The van der Waals surface area contributed by atoms with E-state index in [0.29, 0.717) is 59.0 Å². The summed E-state index contributed by atoms with van der Waals surface area (Å²) in [5, 5.41) is 28.5. The number of aromatic hydroxyl groups is 1. The molecule has 4 aliphatic rings. The average Bonchev–Trinajstić information content (AvgIpc) is 3.62. The summed E-state index contributed by atoms with van der Waals surface area (Å²) in [4.78, 5) is 43.4. The van der Waals surface area contributed by atoms with Crippen molar-refractivity contribution in [3.63, 3.8) is 0 Å². The van der Waals surface area contributed by atoms with Crippen LogP contribution in [0.3, 0.4) is 0 Å². The number of nitrogens with one attached hydrogen (secondary N) is 2. The number of ether oxygens (including phenoxy) is 4. The van der Waals surface area contributed by atoms with Gasteiger partial charge in [0.05, 0.1) is 25.3 Å². The first-order valence-corrected chi connectivity index (χ1v) is 18.0. The Labute approximate surface area is 308 Å². The van der Waals surface area contributed by atoms with Gasteiger partial charge < -0.3 is 34.7 Å². The lowest BCUT2D eigenvalue weighted by Crippen LogP contribution is -2.69. The van der Waals surface area contributed by atoms with Gasteiger partial charge in [0.2, 0.25) is 18.6 Å². The van der Waals surface area contributed by atoms with E-state index in [2.05, 4.69) is 26.5 Å². The van der Waals surface area contributed by atoms with Gasteiger partial charge in [0.1, 0.15) is 17.8 Å². The molecule has 0 spiro atoms. The number of rotatable bonds is 9. The number of hydrogen-bond acceptors (Lipinski definition) is 11. The van der Waals surface area contributed by atoms with Crippen molar-refractivity contribution in [3.8, 4) is 34.8 Å². The van der Waals surface area contributed by atoms with E-state index in [-0.39, 0.29) is 37.5 Å². The van der Waals surface area contributed by atoms with Gasteiger partial charge in [-0.25, -0.2) is 0 Å². The molecule has 0 aromatic heterocycles. The van der Waals surface area contributed by atoms with E-state index in [1.54, 1.807) is 6.92 Å². The largest absolute Gasteiger partial charge is 0.504 e. The molecule has 278 valence electrons. The average molecular weight is 724 g/mol. The Kier molecular flexibility index (Phi) is 9.69. The molecule has 53 heavy (non-hydrogen) atoms. The summed E-state index contributed by atoms with van der Waals surface area (Å²) in [5.74, 6) is 0.585. The third kappa shape index (κ3) is 6.19. The van der Waals surface area contributed by atoms with Crippen molar-refractivity contribution >= 4 is 17.8 Å². The highest BCUT2D eigenvalue weighted by Crippen LogP contribution is 2.58. The lowest BCUT2D eigenvalue weighted by atomic mass is 9.71. The molecule has 3 aromatic rings. The fourth-order valence-corrected chi connectivity index (χ4v) is 8.94. The maximum absolute atomic E-state index is 13.7. The first-order chi connectivity index (χ1) is 25.4. The molecule has 0 saturated carbocycles. The van der Waals surface area contributed by atoms with E-state index < -0.39 is 42.1 Å². The van der Waals surface area contributed by atoms with Crippen LogP contribution in [0.5, 0.6) is 28.7 Å². The second kappa shape index (κ2) is 14.2. The molecular weight excluding hydrogens is 678 g/mol. The van der Waals surface area contributed by atoms with Gasteiger partial charge in [-0.1, -0.05) is 36.4 Å². The highest BCUT2D eigenvalue weighted by Gasteiger charge is 2.57. The minimum absolute atomic E-state index is 0.0440. The Morgan fingerprint density at radius 2 is 1.81 bits per heavy atom. The molecule has 4 heterocycles. The van der Waals surface area contributed by atoms with E-state index in [9.17, 15) is 24.8 Å². The normalized spacial score (nSPS) is 23.1. The Morgan fingerprint density at radius 3 is 2.51 bits per heavy atom. The third-order valence-corrected chi connectivity index (χ3v) is 11.2. The summed E-state index contributed by atoms with van der Waals surface area (Å²) >= 11 is 0. The number of nitriles is 1. The summed E-state index contributed by atoms with van der Waals surface area (Å²) in [7, 11) is 3.50. The monoisotopic (exact) mass is 723 g/mol. The molecule has 7 rings (SSSR count). The van der Waals surface area contributed by atoms with E-state index in [4.69, 9.17) is 18.9 Å². The fraction of sp³-hybridized carbons (Fsp3) is 0.450. The number of aryl methyl sites for hydroxylation is 2. The maximum atomic E-state index is 13.7. The third-order valence-electron chi connectivity index (χ3n) is 11.2. The molecular formula is C40H45N5O8. The topological polar surface area (TPSA) is 163 Å². The molecule has 0 aliphatic carbocycles. The van der Waals surface area contributed by atoms with Crippen molar-refractivity contribution in [2.75, 3.05) is 27.5 Å². The number of amides is 2. The van der Waals surface area contributed by atoms with Crippen molar-refractivity contribution in [3.05, 3.63) is 75.3 Å². The zero-order valence-electron chi connectivity index (χ0n) is 30.8. The molecule has 13 heteroatoms. The van der Waals surface area contributed by atoms with Crippen LogP contribution < -0.4 is 29.6 Å². The molecule has 6 atom stereocenters. The first kappa shape index (κ1) is 36.1. The van der Waals surface area contributed by atoms with Crippen molar-refractivity contribution in [1.82, 2.24) is 20.4 Å². The van der Waals surface area contributed by atoms with Gasteiger partial charge in [0.25, 0.3) is 0 Å².